The van der Waals surface area contributed by atoms with Gasteiger partial charge in [-0.2, -0.15) is 13.2 Å². The fourth-order valence-electron chi connectivity index (χ4n) is 4.67. The van der Waals surface area contributed by atoms with Crippen molar-refractivity contribution >= 4 is 50.9 Å². The summed E-state index contributed by atoms with van der Waals surface area (Å²) >= 11 is 10.2. The second kappa shape index (κ2) is 13.0. The summed E-state index contributed by atoms with van der Waals surface area (Å²) in [6.07, 6.45) is -3.52. The molecule has 0 saturated heterocycles. The van der Waals surface area contributed by atoms with Crippen molar-refractivity contribution in [3.8, 4) is 11.5 Å². The highest BCUT2D eigenvalue weighted by Crippen LogP contribution is 2.39. The van der Waals surface area contributed by atoms with Crippen molar-refractivity contribution in [1.29, 1.82) is 0 Å². The fraction of sp³-hybridized carbons (Fsp3) is 0.194. The summed E-state index contributed by atoms with van der Waals surface area (Å²) in [5, 5.41) is 0.325. The molecule has 7 nitrogen and oxygen atoms in total. The van der Waals surface area contributed by atoms with Crippen LogP contribution in [0.25, 0.3) is 6.08 Å². The summed E-state index contributed by atoms with van der Waals surface area (Å²) in [4.78, 5) is 30.6. The molecule has 4 aromatic rings. The zero-order chi connectivity index (χ0) is 31.6. The molecule has 0 spiro atoms. The van der Waals surface area contributed by atoms with Crippen LogP contribution < -0.4 is 24.4 Å². The van der Waals surface area contributed by atoms with E-state index in [1.54, 1.807) is 12.1 Å². The number of ether oxygens (including phenoxy) is 3. The smallest absolute Gasteiger partial charge is 0.434 e. The number of nitrogens with zero attached hydrogens (tertiary/aromatic N) is 2. The Balaban J connectivity index is 1.74. The quantitative estimate of drug-likeness (QED) is 0.200. The van der Waals surface area contributed by atoms with Crippen LogP contribution in [0.3, 0.4) is 0 Å². The van der Waals surface area contributed by atoms with E-state index in [1.807, 2.05) is 30.3 Å². The van der Waals surface area contributed by atoms with Gasteiger partial charge in [0.25, 0.3) is 5.56 Å². The monoisotopic (exact) mass is 706 g/mol. The van der Waals surface area contributed by atoms with E-state index in [1.165, 1.54) is 44.4 Å². The zero-order valence-corrected chi connectivity index (χ0v) is 26.3. The lowest BCUT2D eigenvalue weighted by Crippen LogP contribution is -2.41. The van der Waals surface area contributed by atoms with Gasteiger partial charge in [-0.05, 0) is 48.4 Å². The van der Waals surface area contributed by atoms with E-state index in [2.05, 4.69) is 20.9 Å². The number of allylic oxidation sites excluding steroid dienone is 1. The van der Waals surface area contributed by atoms with Crippen LogP contribution in [0.5, 0.6) is 11.5 Å². The third-order valence-corrected chi connectivity index (χ3v) is 8.25. The van der Waals surface area contributed by atoms with Crippen LogP contribution in [0.4, 0.5) is 13.2 Å². The van der Waals surface area contributed by atoms with Crippen molar-refractivity contribution in [3.63, 3.8) is 0 Å². The molecule has 1 aliphatic rings. The van der Waals surface area contributed by atoms with E-state index >= 15 is 0 Å². The number of benzene rings is 3. The van der Waals surface area contributed by atoms with Crippen LogP contribution in [-0.2, 0) is 16.1 Å². The summed E-state index contributed by atoms with van der Waals surface area (Å²) in [5.74, 6) is -0.536. The van der Waals surface area contributed by atoms with E-state index in [0.29, 0.717) is 26.6 Å². The molecule has 1 aromatic heterocycles. The number of rotatable bonds is 8. The number of methoxy groups -OCH3 is 1. The molecule has 0 N–H and O–H groups in total. The summed E-state index contributed by atoms with van der Waals surface area (Å²) in [6.45, 7) is 1.49. The second-order valence-electron chi connectivity index (χ2n) is 9.42. The number of thiazole rings is 1. The number of halogens is 5. The Morgan fingerprint density at radius 2 is 1.84 bits per heavy atom. The number of hydrogen-bond donors (Lipinski definition) is 0. The van der Waals surface area contributed by atoms with E-state index in [-0.39, 0.29) is 28.1 Å². The topological polar surface area (TPSA) is 79.1 Å². The van der Waals surface area contributed by atoms with Crippen molar-refractivity contribution < 1.29 is 32.2 Å². The van der Waals surface area contributed by atoms with Gasteiger partial charge in [0.15, 0.2) is 22.0 Å². The summed E-state index contributed by atoms with van der Waals surface area (Å²) in [6, 6.07) is 17.2. The maximum atomic E-state index is 14.4. The van der Waals surface area contributed by atoms with Gasteiger partial charge in [0.1, 0.15) is 6.61 Å². The lowest BCUT2D eigenvalue weighted by atomic mass is 9.95. The highest BCUT2D eigenvalue weighted by Gasteiger charge is 2.45. The number of carbonyl (C=O) groups excluding carboxylic acids is 1. The zero-order valence-electron chi connectivity index (χ0n) is 23.2. The van der Waals surface area contributed by atoms with Crippen LogP contribution in [-0.4, -0.2) is 30.4 Å². The predicted molar refractivity (Wildman–Crippen MR) is 164 cm³/mol. The van der Waals surface area contributed by atoms with Gasteiger partial charge < -0.3 is 14.2 Å². The number of alkyl halides is 3. The van der Waals surface area contributed by atoms with Gasteiger partial charge in [0.2, 0.25) is 0 Å². The largest absolute Gasteiger partial charge is 0.493 e. The first-order valence-corrected chi connectivity index (χ1v) is 15.1. The molecule has 0 unspecified atom stereocenters. The van der Waals surface area contributed by atoms with Crippen molar-refractivity contribution in [1.82, 2.24) is 4.57 Å². The van der Waals surface area contributed by atoms with Gasteiger partial charge in [-0.1, -0.05) is 81.3 Å². The normalized spacial score (nSPS) is 15.1. The fourth-order valence-corrected chi connectivity index (χ4v) is 6.25. The molecule has 3 aromatic carbocycles. The molecule has 5 rings (SSSR count). The molecule has 1 atom stereocenters. The van der Waals surface area contributed by atoms with Gasteiger partial charge in [0.05, 0.1) is 29.9 Å². The number of hydrogen-bond acceptors (Lipinski definition) is 7. The molecule has 0 fully saturated rings. The minimum absolute atomic E-state index is 0.0547. The van der Waals surface area contributed by atoms with E-state index in [4.69, 9.17) is 25.8 Å². The molecule has 44 heavy (non-hydrogen) atoms. The molecule has 1 aliphatic heterocycles. The minimum atomic E-state index is -5.02. The van der Waals surface area contributed by atoms with E-state index in [0.717, 1.165) is 21.5 Å². The standard InChI is InChI=1S/C31H23BrClF3N2O5S/c1-3-42-29(40)24-25(18-9-11-21(33)12-10-18)38-28(39)23(44-30(38)37-27(24)31(34,35)36)14-19-13-20(32)15-22(41-2)26(19)43-16-17-7-5-4-6-8-17/h4-15,25H,3,16H2,1-2H3/b23-14-/t25-/m1/s1. The average molecular weight is 708 g/mol. The van der Waals surface area contributed by atoms with Crippen LogP contribution in [0, 0.1) is 0 Å². The third-order valence-electron chi connectivity index (χ3n) is 6.56. The third kappa shape index (κ3) is 6.47. The van der Waals surface area contributed by atoms with Gasteiger partial charge in [0, 0.05) is 15.1 Å². The van der Waals surface area contributed by atoms with Crippen molar-refractivity contribution in [2.45, 2.75) is 25.7 Å². The molecular weight excluding hydrogens is 685 g/mol. The number of esters is 1. The number of fused-ring (bicyclic) bond motifs is 1. The molecule has 0 radical (unpaired) electrons. The van der Waals surface area contributed by atoms with E-state index < -0.39 is 35.0 Å². The summed E-state index contributed by atoms with van der Waals surface area (Å²) in [7, 11) is 1.47. The van der Waals surface area contributed by atoms with Crippen LogP contribution in [0.15, 0.2) is 92.3 Å². The maximum absolute atomic E-state index is 14.4. The summed E-state index contributed by atoms with van der Waals surface area (Å²) < 4.78 is 61.6. The Morgan fingerprint density at radius 1 is 1.14 bits per heavy atom. The molecular formula is C31H23BrClF3N2O5S. The first-order chi connectivity index (χ1) is 21.0. The first kappa shape index (κ1) is 31.6. The lowest BCUT2D eigenvalue weighted by molar-refractivity contribution is -0.140. The average Bonchev–Trinajstić information content (AvgIpc) is 3.30. The number of aromatic nitrogens is 1. The van der Waals surface area contributed by atoms with Crippen LogP contribution in [0.2, 0.25) is 5.02 Å². The Bertz CT molecular complexity index is 1920. The molecule has 0 aliphatic carbocycles. The van der Waals surface area contributed by atoms with Crippen LogP contribution in [0.1, 0.15) is 29.7 Å². The Kier molecular flexibility index (Phi) is 9.33. The van der Waals surface area contributed by atoms with Gasteiger partial charge >= 0.3 is 12.1 Å². The van der Waals surface area contributed by atoms with Crippen molar-refractivity contribution in [2.24, 2.45) is 4.99 Å². The van der Waals surface area contributed by atoms with Gasteiger partial charge in [-0.15, -0.1) is 0 Å². The molecule has 0 amide bonds. The Labute approximate surface area is 266 Å². The second-order valence-corrected chi connectivity index (χ2v) is 11.8. The van der Waals surface area contributed by atoms with Crippen molar-refractivity contribution in [2.75, 3.05) is 13.7 Å². The predicted octanol–water partition coefficient (Wildman–Crippen LogP) is 6.34. The maximum Gasteiger partial charge on any atom is 0.434 e. The van der Waals surface area contributed by atoms with E-state index in [9.17, 15) is 22.8 Å². The first-order valence-electron chi connectivity index (χ1n) is 13.1. The highest BCUT2D eigenvalue weighted by molar-refractivity contribution is 9.10. The molecule has 2 heterocycles. The molecule has 13 heteroatoms. The lowest BCUT2D eigenvalue weighted by Gasteiger charge is -2.26. The number of carbonyl (C=O) groups is 1. The molecule has 228 valence electrons. The molecule has 0 saturated carbocycles. The summed E-state index contributed by atoms with van der Waals surface area (Å²) in [5.41, 5.74) is -1.35. The van der Waals surface area contributed by atoms with Crippen LogP contribution >= 0.6 is 38.9 Å². The SMILES string of the molecule is CCOC(=O)C1=C(C(F)(F)F)N=c2s/c(=C\c3cc(Br)cc(OC)c3OCc3ccccc3)c(=O)n2[C@@H]1c1ccc(Cl)cc1. The van der Waals surface area contributed by atoms with Gasteiger partial charge in [-0.25, -0.2) is 9.79 Å². The Morgan fingerprint density at radius 3 is 2.48 bits per heavy atom. The Hall–Kier alpha value is -3.87. The van der Waals surface area contributed by atoms with Crippen molar-refractivity contribution in [3.05, 3.63) is 124 Å². The highest BCUT2D eigenvalue weighted by atomic mass is 79.9. The van der Waals surface area contributed by atoms with Gasteiger partial charge in [-0.3, -0.25) is 9.36 Å². The molecule has 0 bridgehead atoms. The minimum Gasteiger partial charge on any atom is -0.493 e.